The number of aromatic hydroxyl groups is 1. The van der Waals surface area contributed by atoms with Gasteiger partial charge in [-0.05, 0) is 24.6 Å². The smallest absolute Gasteiger partial charge is 0.262 e. The van der Waals surface area contributed by atoms with Gasteiger partial charge in [0.2, 0.25) is 5.75 Å². The highest BCUT2D eigenvalue weighted by Gasteiger charge is 2.18. The van der Waals surface area contributed by atoms with Gasteiger partial charge in [0.25, 0.3) is 5.56 Å². The van der Waals surface area contributed by atoms with E-state index in [-0.39, 0.29) is 16.9 Å². The fraction of sp³-hybridized carbons (Fsp3) is 0.318. The van der Waals surface area contributed by atoms with E-state index in [1.54, 1.807) is 6.07 Å². The van der Waals surface area contributed by atoms with E-state index in [0.29, 0.717) is 30.2 Å². The van der Waals surface area contributed by atoms with E-state index in [1.807, 2.05) is 50.2 Å². The van der Waals surface area contributed by atoms with E-state index in [4.69, 9.17) is 9.47 Å². The summed E-state index contributed by atoms with van der Waals surface area (Å²) in [5.74, 6) is 1.46. The molecule has 0 bridgehead atoms. The van der Waals surface area contributed by atoms with Gasteiger partial charge in [-0.3, -0.25) is 4.79 Å². The van der Waals surface area contributed by atoms with Crippen molar-refractivity contribution >= 4 is 22.4 Å². The predicted octanol–water partition coefficient (Wildman–Crippen LogP) is 2.55. The highest BCUT2D eigenvalue weighted by Crippen LogP contribution is 2.40. The molecule has 9 heteroatoms. The summed E-state index contributed by atoms with van der Waals surface area (Å²) >= 11 is 0. The van der Waals surface area contributed by atoms with Gasteiger partial charge in [-0.15, -0.1) is 0 Å². The zero-order valence-electron chi connectivity index (χ0n) is 18.3. The minimum atomic E-state index is -0.448. The molecular weight excluding hydrogens is 398 g/mol. The van der Waals surface area contributed by atoms with Crippen LogP contribution in [0.4, 0.5) is 5.69 Å². The lowest BCUT2D eigenvalue weighted by atomic mass is 10.2. The average molecular weight is 425 g/mol. The van der Waals surface area contributed by atoms with Gasteiger partial charge in [0.1, 0.15) is 17.0 Å². The van der Waals surface area contributed by atoms with Crippen molar-refractivity contribution in [1.29, 1.82) is 0 Å². The molecule has 0 fully saturated rings. The zero-order chi connectivity index (χ0) is 22.5. The molecule has 1 heterocycles. The number of fused-ring (bicyclic) bond motifs is 1. The number of benzene rings is 2. The molecule has 0 aliphatic heterocycles. The molecule has 0 amide bonds. The fourth-order valence-corrected chi connectivity index (χ4v) is 3.07. The Morgan fingerprint density at radius 3 is 2.68 bits per heavy atom. The van der Waals surface area contributed by atoms with Gasteiger partial charge in [0.15, 0.2) is 11.5 Å². The maximum absolute atomic E-state index is 12.5. The van der Waals surface area contributed by atoms with Crippen LogP contribution in [0.25, 0.3) is 10.9 Å². The number of nitrogens with zero attached hydrogens (tertiary/aromatic N) is 3. The number of H-pyrrole nitrogens is 1. The van der Waals surface area contributed by atoms with Crippen LogP contribution in [-0.2, 0) is 13.1 Å². The molecule has 3 rings (SSSR count). The van der Waals surface area contributed by atoms with E-state index in [1.165, 1.54) is 14.2 Å². The van der Waals surface area contributed by atoms with Crippen molar-refractivity contribution in [3.8, 4) is 17.2 Å². The largest absolute Gasteiger partial charge is 0.504 e. The number of nitrogens with one attached hydrogen (secondary N) is 2. The first-order chi connectivity index (χ1) is 14.8. The van der Waals surface area contributed by atoms with Crippen LogP contribution in [0.15, 0.2) is 40.1 Å². The van der Waals surface area contributed by atoms with E-state index in [9.17, 15) is 9.90 Å². The molecule has 0 atom stereocenters. The molecule has 0 unspecified atom stereocenters. The van der Waals surface area contributed by atoms with Crippen LogP contribution in [-0.4, -0.2) is 54.1 Å². The van der Waals surface area contributed by atoms with E-state index in [2.05, 4.69) is 20.3 Å². The second-order valence-corrected chi connectivity index (χ2v) is 7.19. The van der Waals surface area contributed by atoms with Crippen LogP contribution in [0.2, 0.25) is 0 Å². The van der Waals surface area contributed by atoms with Crippen LogP contribution >= 0.6 is 0 Å². The maximum Gasteiger partial charge on any atom is 0.262 e. The molecule has 0 saturated heterocycles. The lowest BCUT2D eigenvalue weighted by molar-refractivity contribution is 0.335. The summed E-state index contributed by atoms with van der Waals surface area (Å²) in [4.78, 5) is 26.2. The van der Waals surface area contributed by atoms with E-state index < -0.39 is 5.56 Å². The van der Waals surface area contributed by atoms with Crippen molar-refractivity contribution in [2.45, 2.75) is 20.0 Å². The molecule has 9 nitrogen and oxygen atoms in total. The summed E-state index contributed by atoms with van der Waals surface area (Å²) in [6.07, 6.45) is 0. The monoisotopic (exact) mass is 425 g/mol. The third-order valence-corrected chi connectivity index (χ3v) is 4.83. The van der Waals surface area contributed by atoms with Crippen molar-refractivity contribution in [1.82, 2.24) is 20.2 Å². The van der Waals surface area contributed by atoms with Gasteiger partial charge in [-0.25, -0.2) is 9.98 Å². The third kappa shape index (κ3) is 4.95. The van der Waals surface area contributed by atoms with Crippen LogP contribution in [0.5, 0.6) is 17.2 Å². The molecule has 0 aliphatic carbocycles. The fourth-order valence-electron chi connectivity index (χ4n) is 3.07. The normalized spacial score (nSPS) is 11.6. The summed E-state index contributed by atoms with van der Waals surface area (Å²) in [6.45, 7) is 2.86. The average Bonchev–Trinajstić information content (AvgIpc) is 2.73. The lowest BCUT2D eigenvalue weighted by Crippen LogP contribution is -2.19. The number of aromatic nitrogens is 2. The Kier molecular flexibility index (Phi) is 6.76. The van der Waals surface area contributed by atoms with Crippen LogP contribution in [0.1, 0.15) is 18.3 Å². The van der Waals surface area contributed by atoms with Crippen molar-refractivity contribution in [3.05, 3.63) is 52.1 Å². The van der Waals surface area contributed by atoms with Gasteiger partial charge in [-0.2, -0.15) is 0 Å². The van der Waals surface area contributed by atoms with Crippen molar-refractivity contribution in [2.24, 2.45) is 4.99 Å². The number of hydrogen-bond acceptors (Lipinski definition) is 7. The van der Waals surface area contributed by atoms with Crippen molar-refractivity contribution in [2.75, 3.05) is 28.3 Å². The first-order valence-electron chi connectivity index (χ1n) is 9.73. The van der Waals surface area contributed by atoms with Gasteiger partial charge < -0.3 is 29.8 Å². The Morgan fingerprint density at radius 2 is 2.00 bits per heavy atom. The number of methoxy groups -OCH3 is 2. The molecule has 1 aromatic heterocycles. The molecule has 0 radical (unpaired) electrons. The topological polar surface area (TPSA) is 112 Å². The number of amidine groups is 1. The minimum absolute atomic E-state index is 0.0585. The summed E-state index contributed by atoms with van der Waals surface area (Å²) in [5.41, 5.74) is 1.81. The summed E-state index contributed by atoms with van der Waals surface area (Å²) in [7, 11) is 6.75. The Hall–Kier alpha value is -3.59. The van der Waals surface area contributed by atoms with Crippen molar-refractivity contribution in [3.63, 3.8) is 0 Å². The summed E-state index contributed by atoms with van der Waals surface area (Å²) in [5, 5.41) is 13.7. The summed E-state index contributed by atoms with van der Waals surface area (Å²) < 4.78 is 10.4. The van der Waals surface area contributed by atoms with E-state index in [0.717, 1.165) is 17.1 Å². The molecular formula is C22H27N5O4. The Balaban J connectivity index is 1.78. The molecule has 0 saturated carbocycles. The van der Waals surface area contributed by atoms with Crippen molar-refractivity contribution < 1.29 is 14.6 Å². The van der Waals surface area contributed by atoms with Gasteiger partial charge >= 0.3 is 0 Å². The number of rotatable bonds is 7. The number of hydrogen-bond donors (Lipinski definition) is 3. The molecule has 0 aliphatic rings. The Labute approximate surface area is 180 Å². The van der Waals surface area contributed by atoms with Crippen LogP contribution < -0.4 is 20.3 Å². The molecule has 3 N–H and O–H groups in total. The number of aliphatic imine (C=N–C) groups is 1. The maximum atomic E-state index is 12.5. The minimum Gasteiger partial charge on any atom is -0.504 e. The standard InChI is InChI=1S/C22H27N5O4/c1-13(27(2)3)24-15-8-6-7-14(9-15)11-23-12-18-25-16-10-17(30-4)21(31-5)20(28)19(16)22(29)26-18/h6-10,23,28H,11-12H2,1-5H3,(H,25,26,29). The molecule has 2 aromatic carbocycles. The van der Waals surface area contributed by atoms with Crippen LogP contribution in [0.3, 0.4) is 0 Å². The van der Waals surface area contributed by atoms with Gasteiger partial charge in [0, 0.05) is 26.7 Å². The first kappa shape index (κ1) is 22.1. The quantitative estimate of drug-likeness (QED) is 0.394. The summed E-state index contributed by atoms with van der Waals surface area (Å²) in [6, 6.07) is 9.49. The number of ether oxygens (including phenoxy) is 2. The molecule has 31 heavy (non-hydrogen) atoms. The highest BCUT2D eigenvalue weighted by atomic mass is 16.5. The number of phenolic OH excluding ortho intramolecular Hbond substituents is 1. The van der Waals surface area contributed by atoms with Gasteiger partial charge in [-0.1, -0.05) is 12.1 Å². The SMILES string of the molecule is COc1cc2nc(CNCc3cccc(N=C(C)N(C)C)c3)[nH]c(=O)c2c(O)c1OC. The van der Waals surface area contributed by atoms with E-state index >= 15 is 0 Å². The number of aromatic amines is 1. The first-order valence-corrected chi connectivity index (χ1v) is 9.73. The Morgan fingerprint density at radius 1 is 1.23 bits per heavy atom. The second kappa shape index (κ2) is 9.48. The third-order valence-electron chi connectivity index (χ3n) is 4.83. The lowest BCUT2D eigenvalue weighted by Gasteiger charge is -2.12. The molecule has 0 spiro atoms. The number of phenols is 1. The molecule has 164 valence electrons. The van der Waals surface area contributed by atoms with Crippen LogP contribution in [0, 0.1) is 0 Å². The predicted molar refractivity (Wildman–Crippen MR) is 121 cm³/mol. The van der Waals surface area contributed by atoms with Gasteiger partial charge in [0.05, 0.1) is 32.0 Å². The highest BCUT2D eigenvalue weighted by molar-refractivity contribution is 5.89. The zero-order valence-corrected chi connectivity index (χ0v) is 18.3. The molecule has 3 aromatic rings. The second-order valence-electron chi connectivity index (χ2n) is 7.19. The Bertz CT molecular complexity index is 1170.